The summed E-state index contributed by atoms with van der Waals surface area (Å²) in [7, 11) is 0. The molecule has 10 heteroatoms. The van der Waals surface area contributed by atoms with Gasteiger partial charge >= 0.3 is 0 Å². The third kappa shape index (κ3) is 3.83. The van der Waals surface area contributed by atoms with Crippen molar-refractivity contribution in [2.75, 3.05) is 0 Å². The van der Waals surface area contributed by atoms with Crippen LogP contribution in [0.3, 0.4) is 0 Å². The average molecular weight is 419 g/mol. The summed E-state index contributed by atoms with van der Waals surface area (Å²) in [6.45, 7) is 1.77. The van der Waals surface area contributed by atoms with Crippen molar-refractivity contribution in [3.8, 4) is 17.1 Å². The van der Waals surface area contributed by atoms with Crippen LogP contribution in [0.15, 0.2) is 52.4 Å². The number of halogens is 2. The van der Waals surface area contributed by atoms with Gasteiger partial charge < -0.3 is 4.52 Å². The molecule has 3 heterocycles. The zero-order valence-corrected chi connectivity index (χ0v) is 16.3. The summed E-state index contributed by atoms with van der Waals surface area (Å²) < 4.78 is 7.07. The highest BCUT2D eigenvalue weighted by Gasteiger charge is 2.18. The standard InChI is InChI=1S/C17H12Cl2N6OS/c1-10-21-15(26-24-10)9-27-17-23-22-16(11-3-2-6-20-8-11)25(17)12-4-5-13(18)14(19)7-12/h2-8H,9H2,1H3. The molecule has 4 rings (SSSR count). The predicted octanol–water partition coefficient (Wildman–Crippen LogP) is 4.62. The summed E-state index contributed by atoms with van der Waals surface area (Å²) in [5.74, 6) is 2.22. The van der Waals surface area contributed by atoms with Gasteiger partial charge in [0.25, 0.3) is 0 Å². The third-order valence-electron chi connectivity index (χ3n) is 3.61. The van der Waals surface area contributed by atoms with E-state index >= 15 is 0 Å². The Bertz CT molecular complexity index is 1080. The molecule has 0 saturated heterocycles. The lowest BCUT2D eigenvalue weighted by Crippen LogP contribution is -2.00. The molecule has 0 aliphatic heterocycles. The van der Waals surface area contributed by atoms with E-state index in [1.807, 2.05) is 22.8 Å². The topological polar surface area (TPSA) is 82.5 Å². The van der Waals surface area contributed by atoms with E-state index in [1.165, 1.54) is 11.8 Å². The second kappa shape index (κ2) is 7.67. The number of thioether (sulfide) groups is 1. The van der Waals surface area contributed by atoms with E-state index in [-0.39, 0.29) is 0 Å². The fraction of sp³-hybridized carbons (Fsp3) is 0.118. The summed E-state index contributed by atoms with van der Waals surface area (Å²) in [5.41, 5.74) is 1.62. The maximum atomic E-state index is 6.22. The fourth-order valence-corrected chi connectivity index (χ4v) is 3.51. The van der Waals surface area contributed by atoms with E-state index < -0.39 is 0 Å². The molecule has 136 valence electrons. The van der Waals surface area contributed by atoms with E-state index in [2.05, 4.69) is 25.3 Å². The quantitative estimate of drug-likeness (QED) is 0.437. The number of aryl methyl sites for hydroxylation is 1. The minimum absolute atomic E-state index is 0.448. The second-order valence-corrected chi connectivity index (χ2v) is 7.26. The highest BCUT2D eigenvalue weighted by Crippen LogP contribution is 2.32. The first-order valence-corrected chi connectivity index (χ1v) is 9.59. The van der Waals surface area contributed by atoms with Gasteiger partial charge in [0.15, 0.2) is 16.8 Å². The van der Waals surface area contributed by atoms with Gasteiger partial charge in [-0.05, 0) is 37.3 Å². The maximum absolute atomic E-state index is 6.22. The van der Waals surface area contributed by atoms with Gasteiger partial charge in [-0.15, -0.1) is 10.2 Å². The third-order valence-corrected chi connectivity index (χ3v) is 5.26. The van der Waals surface area contributed by atoms with Gasteiger partial charge in [-0.3, -0.25) is 9.55 Å². The van der Waals surface area contributed by atoms with E-state index in [4.69, 9.17) is 27.7 Å². The van der Waals surface area contributed by atoms with Crippen LogP contribution in [-0.4, -0.2) is 29.9 Å². The van der Waals surface area contributed by atoms with Gasteiger partial charge in [-0.2, -0.15) is 4.98 Å². The first-order chi connectivity index (χ1) is 13.1. The number of aromatic nitrogens is 6. The van der Waals surface area contributed by atoms with Crippen LogP contribution in [0.1, 0.15) is 11.7 Å². The van der Waals surface area contributed by atoms with Crippen molar-refractivity contribution in [3.05, 3.63) is 64.5 Å². The van der Waals surface area contributed by atoms with Gasteiger partial charge in [0.1, 0.15) is 0 Å². The Labute approximate surface area is 168 Å². The van der Waals surface area contributed by atoms with E-state index in [0.29, 0.717) is 38.5 Å². The molecule has 0 bridgehead atoms. The first-order valence-electron chi connectivity index (χ1n) is 7.85. The number of benzene rings is 1. The summed E-state index contributed by atoms with van der Waals surface area (Å²) in [5, 5.41) is 14.0. The van der Waals surface area contributed by atoms with Crippen LogP contribution in [0, 0.1) is 6.92 Å². The van der Waals surface area contributed by atoms with Gasteiger partial charge in [-0.1, -0.05) is 40.1 Å². The molecule has 0 radical (unpaired) electrons. The zero-order chi connectivity index (χ0) is 18.8. The lowest BCUT2D eigenvalue weighted by molar-refractivity contribution is 0.387. The number of hydrogen-bond donors (Lipinski definition) is 0. The molecule has 0 aliphatic carbocycles. The van der Waals surface area contributed by atoms with Crippen LogP contribution >= 0.6 is 35.0 Å². The number of rotatable bonds is 5. The Morgan fingerprint density at radius 2 is 2.04 bits per heavy atom. The van der Waals surface area contributed by atoms with Crippen molar-refractivity contribution in [1.29, 1.82) is 0 Å². The predicted molar refractivity (Wildman–Crippen MR) is 103 cm³/mol. The molecule has 7 nitrogen and oxygen atoms in total. The van der Waals surface area contributed by atoms with Gasteiger partial charge in [0.05, 0.1) is 21.5 Å². The Balaban J connectivity index is 1.76. The Morgan fingerprint density at radius 3 is 2.74 bits per heavy atom. The molecule has 0 amide bonds. The molecule has 4 aromatic rings. The van der Waals surface area contributed by atoms with Crippen molar-refractivity contribution in [1.82, 2.24) is 29.9 Å². The highest BCUT2D eigenvalue weighted by molar-refractivity contribution is 7.98. The maximum Gasteiger partial charge on any atom is 0.237 e. The van der Waals surface area contributed by atoms with Crippen molar-refractivity contribution < 1.29 is 4.52 Å². The molecular formula is C17H12Cl2N6OS. The Kier molecular flexibility index (Phi) is 5.11. The van der Waals surface area contributed by atoms with Crippen molar-refractivity contribution in [3.63, 3.8) is 0 Å². The Hall–Kier alpha value is -2.42. The second-order valence-electron chi connectivity index (χ2n) is 5.51. The zero-order valence-electron chi connectivity index (χ0n) is 14.0. The molecule has 1 aromatic carbocycles. The SMILES string of the molecule is Cc1noc(CSc2nnc(-c3cccnc3)n2-c2ccc(Cl)c(Cl)c2)n1. The van der Waals surface area contributed by atoms with Crippen molar-refractivity contribution in [2.24, 2.45) is 0 Å². The molecule has 0 aliphatic rings. The smallest absolute Gasteiger partial charge is 0.237 e. The van der Waals surface area contributed by atoms with Crippen LogP contribution in [-0.2, 0) is 5.75 Å². The van der Waals surface area contributed by atoms with Gasteiger partial charge in [0, 0.05) is 18.0 Å². The largest absolute Gasteiger partial charge is 0.338 e. The fourth-order valence-electron chi connectivity index (χ4n) is 2.43. The first kappa shape index (κ1) is 18.0. The number of nitrogens with zero attached hydrogens (tertiary/aromatic N) is 6. The average Bonchev–Trinajstić information content (AvgIpc) is 3.29. The molecule has 0 N–H and O–H groups in total. The normalized spacial score (nSPS) is 11.1. The monoisotopic (exact) mass is 418 g/mol. The van der Waals surface area contributed by atoms with E-state index in [1.54, 1.807) is 31.5 Å². The molecule has 0 spiro atoms. The van der Waals surface area contributed by atoms with Crippen LogP contribution in [0.25, 0.3) is 17.1 Å². The minimum Gasteiger partial charge on any atom is -0.338 e. The van der Waals surface area contributed by atoms with Crippen LogP contribution in [0.5, 0.6) is 0 Å². The molecule has 3 aromatic heterocycles. The van der Waals surface area contributed by atoms with E-state index in [9.17, 15) is 0 Å². The summed E-state index contributed by atoms with van der Waals surface area (Å²) in [6, 6.07) is 9.13. The van der Waals surface area contributed by atoms with Crippen molar-refractivity contribution >= 4 is 35.0 Å². The van der Waals surface area contributed by atoms with Crippen molar-refractivity contribution in [2.45, 2.75) is 17.8 Å². The van der Waals surface area contributed by atoms with Crippen LogP contribution in [0.4, 0.5) is 0 Å². The van der Waals surface area contributed by atoms with Gasteiger partial charge in [0.2, 0.25) is 5.89 Å². The lowest BCUT2D eigenvalue weighted by Gasteiger charge is -2.10. The molecular weight excluding hydrogens is 407 g/mol. The number of hydrogen-bond acceptors (Lipinski definition) is 7. The lowest BCUT2D eigenvalue weighted by atomic mass is 10.2. The van der Waals surface area contributed by atoms with Crippen LogP contribution in [0.2, 0.25) is 10.0 Å². The van der Waals surface area contributed by atoms with Gasteiger partial charge in [-0.25, -0.2) is 0 Å². The molecule has 0 saturated carbocycles. The van der Waals surface area contributed by atoms with Crippen LogP contribution < -0.4 is 0 Å². The molecule has 0 atom stereocenters. The summed E-state index contributed by atoms with van der Waals surface area (Å²) in [6.07, 6.45) is 3.44. The summed E-state index contributed by atoms with van der Waals surface area (Å²) >= 11 is 13.7. The molecule has 27 heavy (non-hydrogen) atoms. The Morgan fingerprint density at radius 1 is 1.15 bits per heavy atom. The summed E-state index contributed by atoms with van der Waals surface area (Å²) in [4.78, 5) is 8.38. The molecule has 0 fully saturated rings. The van der Waals surface area contributed by atoms with E-state index in [0.717, 1.165) is 11.3 Å². The number of pyridine rings is 1. The minimum atomic E-state index is 0.448. The highest BCUT2D eigenvalue weighted by atomic mass is 35.5. The molecule has 0 unspecified atom stereocenters.